The Balaban J connectivity index is 0.00000312. The molecule has 1 aliphatic carbocycles. The van der Waals surface area contributed by atoms with Gasteiger partial charge in [-0.3, -0.25) is 4.99 Å². The van der Waals surface area contributed by atoms with Crippen molar-refractivity contribution in [2.24, 2.45) is 10.9 Å². The summed E-state index contributed by atoms with van der Waals surface area (Å²) in [5.74, 6) is 2.04. The SMILES string of the molecule is CCNC(=NCCCCC1CCCC1)N1CCS(=O)(=O)C(C)(C)C1.I. The average molecular weight is 485 g/mol. The van der Waals surface area contributed by atoms with Crippen LogP contribution >= 0.6 is 24.0 Å². The van der Waals surface area contributed by atoms with Crippen LogP contribution in [-0.2, 0) is 9.84 Å². The van der Waals surface area contributed by atoms with Crippen LogP contribution in [0.1, 0.15) is 65.7 Å². The van der Waals surface area contributed by atoms with Crippen molar-refractivity contribution < 1.29 is 8.42 Å². The molecule has 0 bridgehead atoms. The molecule has 0 spiro atoms. The second-order valence-corrected chi connectivity index (χ2v) is 10.6. The van der Waals surface area contributed by atoms with Crippen molar-refractivity contribution in [2.75, 3.05) is 31.9 Å². The fourth-order valence-corrected chi connectivity index (χ4v) is 5.14. The minimum atomic E-state index is -3.01. The van der Waals surface area contributed by atoms with Gasteiger partial charge in [0.2, 0.25) is 0 Å². The zero-order chi connectivity index (χ0) is 17.6. The second kappa shape index (κ2) is 10.3. The third kappa shape index (κ3) is 6.56. The highest BCUT2D eigenvalue weighted by Crippen LogP contribution is 2.29. The van der Waals surface area contributed by atoms with Crippen LogP contribution in [0.15, 0.2) is 4.99 Å². The summed E-state index contributed by atoms with van der Waals surface area (Å²) in [6.45, 7) is 8.40. The summed E-state index contributed by atoms with van der Waals surface area (Å²) in [6, 6.07) is 0. The Morgan fingerprint density at radius 2 is 1.92 bits per heavy atom. The van der Waals surface area contributed by atoms with Gasteiger partial charge in [0.15, 0.2) is 15.8 Å². The zero-order valence-electron chi connectivity index (χ0n) is 16.1. The van der Waals surface area contributed by atoms with E-state index in [-0.39, 0.29) is 29.7 Å². The molecule has 0 aromatic carbocycles. The standard InChI is InChI=1S/C18H35N3O2S.HI/c1-4-19-17(20-12-8-7-11-16-9-5-6-10-16)21-13-14-24(22,23)18(2,3)15-21;/h16H,4-15H2,1-3H3,(H,19,20);1H. The quantitative estimate of drug-likeness (QED) is 0.271. The summed E-state index contributed by atoms with van der Waals surface area (Å²) in [5.41, 5.74) is 0. The topological polar surface area (TPSA) is 61.8 Å². The zero-order valence-corrected chi connectivity index (χ0v) is 19.2. The van der Waals surface area contributed by atoms with Gasteiger partial charge in [0.05, 0.1) is 10.5 Å². The van der Waals surface area contributed by atoms with E-state index in [1.807, 2.05) is 13.8 Å². The minimum Gasteiger partial charge on any atom is -0.357 e. The maximum atomic E-state index is 12.2. The highest BCUT2D eigenvalue weighted by atomic mass is 127. The molecule has 0 aromatic heterocycles. The molecule has 148 valence electrons. The highest BCUT2D eigenvalue weighted by Gasteiger charge is 2.40. The molecule has 0 atom stereocenters. The first-order valence-electron chi connectivity index (χ1n) is 9.61. The minimum absolute atomic E-state index is 0. The Hall–Kier alpha value is -0.0500. The molecule has 0 unspecified atom stereocenters. The lowest BCUT2D eigenvalue weighted by molar-refractivity contribution is 0.353. The molecule has 0 radical (unpaired) electrons. The Kier molecular flexibility index (Phi) is 9.50. The molecule has 2 aliphatic rings. The fraction of sp³-hybridized carbons (Fsp3) is 0.944. The van der Waals surface area contributed by atoms with Gasteiger partial charge in [-0.2, -0.15) is 0 Å². The van der Waals surface area contributed by atoms with Gasteiger partial charge in [0.25, 0.3) is 0 Å². The third-order valence-electron chi connectivity index (χ3n) is 5.43. The van der Waals surface area contributed by atoms with Gasteiger partial charge < -0.3 is 10.2 Å². The van der Waals surface area contributed by atoms with Gasteiger partial charge in [0, 0.05) is 26.2 Å². The van der Waals surface area contributed by atoms with E-state index in [1.54, 1.807) is 0 Å². The van der Waals surface area contributed by atoms with Gasteiger partial charge in [-0.25, -0.2) is 8.42 Å². The number of unbranched alkanes of at least 4 members (excludes halogenated alkanes) is 1. The van der Waals surface area contributed by atoms with Crippen LogP contribution in [0.4, 0.5) is 0 Å². The molecule has 1 saturated carbocycles. The molecular weight excluding hydrogens is 449 g/mol. The van der Waals surface area contributed by atoms with Crippen molar-refractivity contribution in [2.45, 2.75) is 70.5 Å². The molecule has 25 heavy (non-hydrogen) atoms. The van der Waals surface area contributed by atoms with Crippen molar-refractivity contribution in [1.29, 1.82) is 0 Å². The Bertz CT molecular complexity index is 528. The molecule has 2 fully saturated rings. The number of hydrogen-bond donors (Lipinski definition) is 1. The Labute approximate surface area is 171 Å². The molecule has 5 nitrogen and oxygen atoms in total. The summed E-state index contributed by atoms with van der Waals surface area (Å²) < 4.78 is 23.6. The van der Waals surface area contributed by atoms with Gasteiger partial charge in [-0.15, -0.1) is 24.0 Å². The summed E-state index contributed by atoms with van der Waals surface area (Å²) >= 11 is 0. The van der Waals surface area contributed by atoms with E-state index >= 15 is 0 Å². The lowest BCUT2D eigenvalue weighted by atomic mass is 10.0. The van der Waals surface area contributed by atoms with Crippen LogP contribution < -0.4 is 5.32 Å². The van der Waals surface area contributed by atoms with Crippen molar-refractivity contribution in [3.8, 4) is 0 Å². The van der Waals surface area contributed by atoms with E-state index in [0.717, 1.165) is 31.4 Å². The lowest BCUT2D eigenvalue weighted by Crippen LogP contribution is -2.57. The summed E-state index contributed by atoms with van der Waals surface area (Å²) in [7, 11) is -3.01. The van der Waals surface area contributed by atoms with Gasteiger partial charge in [0.1, 0.15) is 0 Å². The number of nitrogens with zero attached hydrogens (tertiary/aromatic N) is 2. The summed E-state index contributed by atoms with van der Waals surface area (Å²) in [5, 5.41) is 3.33. The number of halogens is 1. The molecule has 7 heteroatoms. The van der Waals surface area contributed by atoms with Crippen molar-refractivity contribution in [3.05, 3.63) is 0 Å². The van der Waals surface area contributed by atoms with Crippen LogP contribution in [-0.4, -0.2) is 56.0 Å². The first-order valence-corrected chi connectivity index (χ1v) is 11.3. The number of rotatable bonds is 6. The van der Waals surface area contributed by atoms with Crippen molar-refractivity contribution >= 4 is 39.8 Å². The number of guanidine groups is 1. The third-order valence-corrected chi connectivity index (χ3v) is 7.97. The first kappa shape index (κ1) is 23.0. The van der Waals surface area contributed by atoms with Gasteiger partial charge >= 0.3 is 0 Å². The Morgan fingerprint density at radius 3 is 2.52 bits per heavy atom. The van der Waals surface area contributed by atoms with E-state index in [2.05, 4.69) is 17.1 Å². The van der Waals surface area contributed by atoms with E-state index in [0.29, 0.717) is 13.1 Å². The van der Waals surface area contributed by atoms with E-state index in [4.69, 9.17) is 4.99 Å². The molecule has 1 saturated heterocycles. The van der Waals surface area contributed by atoms with Crippen LogP contribution in [0, 0.1) is 5.92 Å². The molecule has 2 rings (SSSR count). The van der Waals surface area contributed by atoms with E-state index in [9.17, 15) is 8.42 Å². The van der Waals surface area contributed by atoms with E-state index < -0.39 is 14.6 Å². The second-order valence-electron chi connectivity index (χ2n) is 7.88. The van der Waals surface area contributed by atoms with Crippen LogP contribution in [0.3, 0.4) is 0 Å². The average Bonchev–Trinajstić information content (AvgIpc) is 3.02. The van der Waals surface area contributed by atoms with Crippen molar-refractivity contribution in [1.82, 2.24) is 10.2 Å². The normalized spacial score (nSPS) is 23.3. The fourth-order valence-electron chi connectivity index (χ4n) is 3.78. The number of nitrogens with one attached hydrogen (secondary N) is 1. The van der Waals surface area contributed by atoms with E-state index in [1.165, 1.54) is 38.5 Å². The maximum Gasteiger partial charge on any atom is 0.193 e. The summed E-state index contributed by atoms with van der Waals surface area (Å²) in [4.78, 5) is 6.86. The summed E-state index contributed by atoms with van der Waals surface area (Å²) in [6.07, 6.45) is 9.41. The first-order chi connectivity index (χ1) is 11.4. The molecular formula is C18H36IN3O2S. The van der Waals surface area contributed by atoms with Gasteiger partial charge in [-0.05, 0) is 33.1 Å². The lowest BCUT2D eigenvalue weighted by Gasteiger charge is -2.39. The number of aliphatic imine (C=N–C) groups is 1. The molecule has 1 heterocycles. The smallest absolute Gasteiger partial charge is 0.193 e. The number of hydrogen-bond acceptors (Lipinski definition) is 3. The largest absolute Gasteiger partial charge is 0.357 e. The van der Waals surface area contributed by atoms with Crippen LogP contribution in [0.5, 0.6) is 0 Å². The molecule has 0 amide bonds. The van der Waals surface area contributed by atoms with Crippen LogP contribution in [0.25, 0.3) is 0 Å². The predicted molar refractivity (Wildman–Crippen MR) is 117 cm³/mol. The highest BCUT2D eigenvalue weighted by molar-refractivity contribution is 14.0. The number of sulfone groups is 1. The van der Waals surface area contributed by atoms with Gasteiger partial charge in [-0.1, -0.05) is 38.5 Å². The predicted octanol–water partition coefficient (Wildman–Crippen LogP) is 3.44. The van der Waals surface area contributed by atoms with Crippen molar-refractivity contribution in [3.63, 3.8) is 0 Å². The molecule has 1 N–H and O–H groups in total. The molecule has 0 aromatic rings. The molecule has 1 aliphatic heterocycles. The van der Waals surface area contributed by atoms with Crippen LogP contribution in [0.2, 0.25) is 0 Å². The Morgan fingerprint density at radius 1 is 1.24 bits per heavy atom. The maximum absolute atomic E-state index is 12.2. The monoisotopic (exact) mass is 485 g/mol.